The van der Waals surface area contributed by atoms with Crippen molar-refractivity contribution in [2.45, 2.75) is 37.8 Å². The van der Waals surface area contributed by atoms with Crippen molar-refractivity contribution in [1.82, 2.24) is 5.32 Å². The summed E-state index contributed by atoms with van der Waals surface area (Å²) < 4.78 is 0. The van der Waals surface area contributed by atoms with Crippen molar-refractivity contribution in [2.24, 2.45) is 4.99 Å². The quantitative estimate of drug-likeness (QED) is 0.511. The fraction of sp³-hybridized carbons (Fsp3) is 0.259. The number of hydrogen-bond donors (Lipinski definition) is 2. The fourth-order valence-corrected chi connectivity index (χ4v) is 5.24. The van der Waals surface area contributed by atoms with Crippen LogP contribution in [0.15, 0.2) is 77.8 Å². The molecule has 2 N–H and O–H groups in total. The standard InChI is InChI=1S/C27H26ClN3O2/c1-3-4-17-29-25(32)27-20-9-5-7-11-22(20)30-24(18-13-15-19(28)16-14-18)31(27)23-12-8-6-10-21(23)26(27,2)33/h5-16,33H,3-4,17H2,1-2H3,(H,29,32). The Morgan fingerprint density at radius 2 is 1.70 bits per heavy atom. The highest BCUT2D eigenvalue weighted by Crippen LogP contribution is 2.59. The molecule has 0 saturated carbocycles. The molecule has 2 aliphatic heterocycles. The third-order valence-electron chi connectivity index (χ3n) is 6.69. The van der Waals surface area contributed by atoms with Gasteiger partial charge in [0.1, 0.15) is 11.4 Å². The van der Waals surface area contributed by atoms with Gasteiger partial charge in [-0.2, -0.15) is 0 Å². The first-order valence-electron chi connectivity index (χ1n) is 11.3. The molecule has 2 unspecified atom stereocenters. The number of rotatable bonds is 5. The predicted molar refractivity (Wildman–Crippen MR) is 132 cm³/mol. The van der Waals surface area contributed by atoms with Crippen molar-refractivity contribution in [3.63, 3.8) is 0 Å². The number of aliphatic imine (C=N–C) groups is 1. The number of benzene rings is 3. The number of anilines is 1. The molecule has 2 aliphatic rings. The van der Waals surface area contributed by atoms with Crippen LogP contribution < -0.4 is 10.2 Å². The molecule has 6 heteroatoms. The maximum Gasteiger partial charge on any atom is 0.254 e. The van der Waals surface area contributed by atoms with E-state index in [1.54, 1.807) is 6.92 Å². The number of unbranched alkanes of at least 4 members (excludes halogenated alkanes) is 1. The van der Waals surface area contributed by atoms with Gasteiger partial charge in [-0.3, -0.25) is 4.79 Å². The summed E-state index contributed by atoms with van der Waals surface area (Å²) in [5.41, 5.74) is 0.675. The monoisotopic (exact) mass is 459 g/mol. The van der Waals surface area contributed by atoms with E-state index in [-0.39, 0.29) is 5.91 Å². The maximum absolute atomic E-state index is 14.2. The first kappa shape index (κ1) is 21.7. The summed E-state index contributed by atoms with van der Waals surface area (Å²) >= 11 is 6.16. The Kier molecular flexibility index (Phi) is 5.26. The number of carbonyl (C=O) groups excluding carboxylic acids is 1. The summed E-state index contributed by atoms with van der Waals surface area (Å²) in [5.74, 6) is 0.354. The molecule has 1 amide bonds. The molecule has 5 rings (SSSR count). The van der Waals surface area contributed by atoms with Crippen LogP contribution in [0.2, 0.25) is 5.02 Å². The molecule has 168 valence electrons. The van der Waals surface area contributed by atoms with Crippen molar-refractivity contribution in [3.8, 4) is 0 Å². The number of hydrogen-bond acceptors (Lipinski definition) is 4. The molecule has 33 heavy (non-hydrogen) atoms. The van der Waals surface area contributed by atoms with Crippen molar-refractivity contribution in [2.75, 3.05) is 11.4 Å². The summed E-state index contributed by atoms with van der Waals surface area (Å²) in [6.07, 6.45) is 1.82. The molecule has 5 nitrogen and oxygen atoms in total. The van der Waals surface area contributed by atoms with E-state index in [4.69, 9.17) is 16.6 Å². The minimum absolute atomic E-state index is 0.244. The zero-order valence-corrected chi connectivity index (χ0v) is 19.4. The Balaban J connectivity index is 1.83. The van der Waals surface area contributed by atoms with Crippen LogP contribution in [0.25, 0.3) is 0 Å². The van der Waals surface area contributed by atoms with Crippen molar-refractivity contribution < 1.29 is 9.90 Å². The number of halogens is 1. The summed E-state index contributed by atoms with van der Waals surface area (Å²) in [4.78, 5) is 21.1. The lowest BCUT2D eigenvalue weighted by molar-refractivity contribution is -0.136. The van der Waals surface area contributed by atoms with E-state index in [2.05, 4.69) is 12.2 Å². The van der Waals surface area contributed by atoms with Gasteiger partial charge in [0.15, 0.2) is 5.54 Å². The minimum atomic E-state index is -1.51. The lowest BCUT2D eigenvalue weighted by Gasteiger charge is -2.48. The van der Waals surface area contributed by atoms with Crippen molar-refractivity contribution >= 4 is 34.7 Å². The van der Waals surface area contributed by atoms with Crippen LogP contribution in [0.1, 0.15) is 43.4 Å². The van der Waals surface area contributed by atoms with Gasteiger partial charge >= 0.3 is 0 Å². The number of aliphatic hydroxyl groups is 1. The topological polar surface area (TPSA) is 64.9 Å². The first-order valence-corrected chi connectivity index (χ1v) is 11.6. The van der Waals surface area contributed by atoms with Gasteiger partial charge < -0.3 is 15.3 Å². The van der Waals surface area contributed by atoms with E-state index in [0.717, 1.165) is 24.1 Å². The maximum atomic E-state index is 14.2. The summed E-state index contributed by atoms with van der Waals surface area (Å²) in [5, 5.41) is 15.9. The third-order valence-corrected chi connectivity index (χ3v) is 6.94. The molecule has 2 heterocycles. The van der Waals surface area contributed by atoms with Gasteiger partial charge in [0.25, 0.3) is 5.91 Å². The number of nitrogens with zero attached hydrogens (tertiary/aromatic N) is 2. The zero-order valence-electron chi connectivity index (χ0n) is 18.7. The van der Waals surface area contributed by atoms with Gasteiger partial charge in [-0.15, -0.1) is 0 Å². The smallest absolute Gasteiger partial charge is 0.254 e. The van der Waals surface area contributed by atoms with Crippen LogP contribution in [0.3, 0.4) is 0 Å². The molecule has 0 aliphatic carbocycles. The van der Waals surface area contributed by atoms with Crippen LogP contribution in [-0.4, -0.2) is 23.4 Å². The number of para-hydroxylation sites is 2. The summed E-state index contributed by atoms with van der Waals surface area (Å²) in [6, 6.07) is 22.6. The van der Waals surface area contributed by atoms with Crippen LogP contribution in [0, 0.1) is 0 Å². The van der Waals surface area contributed by atoms with Crippen LogP contribution in [-0.2, 0) is 15.9 Å². The Bertz CT molecular complexity index is 1250. The molecule has 3 aromatic rings. The zero-order chi connectivity index (χ0) is 23.2. The van der Waals surface area contributed by atoms with Gasteiger partial charge in [0, 0.05) is 28.3 Å². The number of amidine groups is 1. The molecular weight excluding hydrogens is 434 g/mol. The molecule has 0 bridgehead atoms. The molecule has 3 aromatic carbocycles. The lowest BCUT2D eigenvalue weighted by Crippen LogP contribution is -2.65. The van der Waals surface area contributed by atoms with Crippen LogP contribution in [0.5, 0.6) is 0 Å². The van der Waals surface area contributed by atoms with Gasteiger partial charge in [0.2, 0.25) is 0 Å². The van der Waals surface area contributed by atoms with E-state index in [1.165, 1.54) is 0 Å². The van der Waals surface area contributed by atoms with Gasteiger partial charge in [-0.05, 0) is 49.7 Å². The molecule has 0 saturated heterocycles. The average molecular weight is 460 g/mol. The second-order valence-electron chi connectivity index (χ2n) is 8.70. The second kappa shape index (κ2) is 8.01. The number of nitrogens with one attached hydrogen (secondary N) is 1. The number of amides is 1. The van der Waals surface area contributed by atoms with Gasteiger partial charge in [-0.25, -0.2) is 4.99 Å². The minimum Gasteiger partial charge on any atom is -0.382 e. The Morgan fingerprint density at radius 1 is 1.03 bits per heavy atom. The highest BCUT2D eigenvalue weighted by molar-refractivity contribution is 6.30. The third kappa shape index (κ3) is 3.03. The average Bonchev–Trinajstić information content (AvgIpc) is 3.04. The Hall–Kier alpha value is -3.15. The summed E-state index contributed by atoms with van der Waals surface area (Å²) in [7, 11) is 0. The van der Waals surface area contributed by atoms with E-state index in [0.29, 0.717) is 34.2 Å². The highest BCUT2D eigenvalue weighted by atomic mass is 35.5. The van der Waals surface area contributed by atoms with Crippen molar-refractivity contribution in [3.05, 3.63) is 94.5 Å². The van der Waals surface area contributed by atoms with Crippen LogP contribution in [0.4, 0.5) is 11.4 Å². The van der Waals surface area contributed by atoms with E-state index in [9.17, 15) is 9.90 Å². The molecule has 0 aromatic heterocycles. The Morgan fingerprint density at radius 3 is 2.42 bits per heavy atom. The second-order valence-corrected chi connectivity index (χ2v) is 9.14. The predicted octanol–water partition coefficient (Wildman–Crippen LogP) is 5.27. The fourth-order valence-electron chi connectivity index (χ4n) is 5.11. The largest absolute Gasteiger partial charge is 0.382 e. The van der Waals surface area contributed by atoms with Crippen LogP contribution >= 0.6 is 11.6 Å². The molecular formula is C27H26ClN3O2. The van der Waals surface area contributed by atoms with E-state index < -0.39 is 11.1 Å². The molecule has 0 radical (unpaired) electrons. The Labute approximate surface area is 198 Å². The van der Waals surface area contributed by atoms with E-state index >= 15 is 0 Å². The van der Waals surface area contributed by atoms with Gasteiger partial charge in [-0.1, -0.05) is 61.3 Å². The first-order chi connectivity index (χ1) is 15.9. The molecule has 2 atom stereocenters. The number of fused-ring (bicyclic) bond motifs is 5. The normalized spacial score (nSPS) is 22.8. The lowest BCUT2D eigenvalue weighted by atomic mass is 9.72. The molecule has 0 fully saturated rings. The number of carbonyl (C=O) groups is 1. The van der Waals surface area contributed by atoms with E-state index in [1.807, 2.05) is 77.7 Å². The van der Waals surface area contributed by atoms with Crippen molar-refractivity contribution in [1.29, 1.82) is 0 Å². The van der Waals surface area contributed by atoms with Gasteiger partial charge in [0.05, 0.1) is 11.4 Å². The summed E-state index contributed by atoms with van der Waals surface area (Å²) in [6.45, 7) is 4.35. The molecule has 0 spiro atoms. The SMILES string of the molecule is CCCCNC(=O)C12c3ccccc3N=C(c3ccc(Cl)cc3)N1c1ccccc1C2(C)O. The highest BCUT2D eigenvalue weighted by Gasteiger charge is 2.67.